The number of benzene rings is 1. The molecule has 0 aliphatic heterocycles. The Bertz CT molecular complexity index is 647. The van der Waals surface area contributed by atoms with Crippen molar-refractivity contribution in [1.82, 2.24) is 0 Å². The third-order valence-electron chi connectivity index (χ3n) is 3.08. The van der Waals surface area contributed by atoms with E-state index in [1.165, 1.54) is 0 Å². The molecule has 4 heteroatoms. The topological polar surface area (TPSA) is 72.8 Å². The normalized spacial score (nSPS) is 11.3. The summed E-state index contributed by atoms with van der Waals surface area (Å²) in [6.07, 6.45) is 3.46. The first-order valence-corrected chi connectivity index (χ1v) is 6.46. The van der Waals surface area contributed by atoms with Crippen LogP contribution in [-0.2, 0) is 6.42 Å². The van der Waals surface area contributed by atoms with Crippen molar-refractivity contribution in [3.05, 3.63) is 53.5 Å². The van der Waals surface area contributed by atoms with Crippen LogP contribution in [0, 0.1) is 22.7 Å². The molecule has 0 radical (unpaired) electrons. The maximum absolute atomic E-state index is 9.00. The summed E-state index contributed by atoms with van der Waals surface area (Å²) in [6, 6.07) is 13.3. The summed E-state index contributed by atoms with van der Waals surface area (Å²) in [6.45, 7) is 2.08. The first-order chi connectivity index (χ1) is 9.72. The minimum atomic E-state index is 0.250. The second-order valence-electron chi connectivity index (χ2n) is 4.65. The number of nitrogens with zero attached hydrogens (tertiary/aromatic N) is 2. The Balaban J connectivity index is 1.96. The lowest BCUT2D eigenvalue weighted by molar-refractivity contribution is 0.495. The molecule has 0 bridgehead atoms. The molecule has 0 fully saturated rings. The van der Waals surface area contributed by atoms with E-state index < -0.39 is 0 Å². The molecule has 0 aliphatic carbocycles. The van der Waals surface area contributed by atoms with Crippen LogP contribution in [0.5, 0.6) is 0 Å². The predicted molar refractivity (Wildman–Crippen MR) is 76.0 cm³/mol. The number of nitriles is 2. The van der Waals surface area contributed by atoms with Gasteiger partial charge in [0.2, 0.25) is 0 Å². The molecule has 1 atom stereocenters. The highest BCUT2D eigenvalue weighted by atomic mass is 16.3. The van der Waals surface area contributed by atoms with E-state index >= 15 is 0 Å². The summed E-state index contributed by atoms with van der Waals surface area (Å²) in [7, 11) is 0. The van der Waals surface area contributed by atoms with Crippen molar-refractivity contribution < 1.29 is 4.42 Å². The average molecular weight is 265 g/mol. The molecule has 1 unspecified atom stereocenters. The van der Waals surface area contributed by atoms with E-state index in [0.29, 0.717) is 11.1 Å². The fourth-order valence-electron chi connectivity index (χ4n) is 1.99. The predicted octanol–water partition coefficient (Wildman–Crippen LogP) is 3.46. The molecule has 1 aromatic heterocycles. The summed E-state index contributed by atoms with van der Waals surface area (Å²) in [5.41, 5.74) is 1.66. The summed E-state index contributed by atoms with van der Waals surface area (Å²) in [5.74, 6) is 0.969. The lowest BCUT2D eigenvalue weighted by Gasteiger charge is -2.15. The molecule has 1 heterocycles. The Hall–Kier alpha value is -2.72. The zero-order chi connectivity index (χ0) is 14.4. The highest BCUT2D eigenvalue weighted by Gasteiger charge is 2.07. The molecule has 0 spiro atoms. The van der Waals surface area contributed by atoms with Gasteiger partial charge in [-0.05, 0) is 43.7 Å². The lowest BCUT2D eigenvalue weighted by Crippen LogP contribution is -2.16. The van der Waals surface area contributed by atoms with Crippen LogP contribution in [0.3, 0.4) is 0 Å². The molecule has 20 heavy (non-hydrogen) atoms. The molecule has 0 amide bonds. The number of hydrogen-bond acceptors (Lipinski definition) is 4. The summed E-state index contributed by atoms with van der Waals surface area (Å²) in [5, 5.41) is 21.2. The Morgan fingerprint density at radius 2 is 2.00 bits per heavy atom. The van der Waals surface area contributed by atoms with Gasteiger partial charge in [0, 0.05) is 18.2 Å². The molecule has 4 nitrogen and oxygen atoms in total. The molecule has 1 N–H and O–H groups in total. The monoisotopic (exact) mass is 265 g/mol. The van der Waals surface area contributed by atoms with Crippen LogP contribution in [0.2, 0.25) is 0 Å². The second kappa shape index (κ2) is 6.45. The van der Waals surface area contributed by atoms with Crippen molar-refractivity contribution in [3.8, 4) is 12.1 Å². The molecule has 0 saturated heterocycles. The van der Waals surface area contributed by atoms with E-state index in [1.54, 1.807) is 18.4 Å². The minimum absolute atomic E-state index is 0.250. The van der Waals surface area contributed by atoms with Gasteiger partial charge >= 0.3 is 0 Å². The van der Waals surface area contributed by atoms with E-state index in [-0.39, 0.29) is 6.04 Å². The van der Waals surface area contributed by atoms with Gasteiger partial charge in [-0.3, -0.25) is 0 Å². The fraction of sp³-hybridized carbons (Fsp3) is 0.250. The van der Waals surface area contributed by atoms with Gasteiger partial charge in [-0.1, -0.05) is 0 Å². The number of furan rings is 1. The maximum Gasteiger partial charge on any atom is 0.103 e. The fourth-order valence-corrected chi connectivity index (χ4v) is 1.99. The Kier molecular flexibility index (Phi) is 4.42. The Morgan fingerprint density at radius 3 is 2.65 bits per heavy atom. The van der Waals surface area contributed by atoms with Crippen molar-refractivity contribution in [2.24, 2.45) is 0 Å². The summed E-state index contributed by atoms with van der Waals surface area (Å²) in [4.78, 5) is 0. The maximum atomic E-state index is 9.00. The molecule has 1 aromatic carbocycles. The molecule has 2 rings (SSSR count). The third kappa shape index (κ3) is 3.40. The van der Waals surface area contributed by atoms with E-state index in [9.17, 15) is 0 Å². The van der Waals surface area contributed by atoms with Gasteiger partial charge < -0.3 is 9.73 Å². The van der Waals surface area contributed by atoms with E-state index in [2.05, 4.69) is 12.2 Å². The summed E-state index contributed by atoms with van der Waals surface area (Å²) >= 11 is 0. The van der Waals surface area contributed by atoms with Crippen LogP contribution < -0.4 is 5.32 Å². The average Bonchev–Trinajstić information content (AvgIpc) is 2.98. The van der Waals surface area contributed by atoms with Gasteiger partial charge in [0.15, 0.2) is 0 Å². The summed E-state index contributed by atoms with van der Waals surface area (Å²) < 4.78 is 5.29. The number of nitrogens with one attached hydrogen (secondary N) is 1. The number of hydrogen-bond donors (Lipinski definition) is 1. The van der Waals surface area contributed by atoms with Crippen molar-refractivity contribution in [2.75, 3.05) is 5.32 Å². The first-order valence-electron chi connectivity index (χ1n) is 6.46. The highest BCUT2D eigenvalue weighted by Crippen LogP contribution is 2.17. The van der Waals surface area contributed by atoms with Crippen molar-refractivity contribution in [3.63, 3.8) is 0 Å². The number of aryl methyl sites for hydroxylation is 1. The van der Waals surface area contributed by atoms with Crippen LogP contribution in [0.25, 0.3) is 0 Å². The molecular weight excluding hydrogens is 250 g/mol. The smallest absolute Gasteiger partial charge is 0.103 e. The van der Waals surface area contributed by atoms with Crippen molar-refractivity contribution in [1.29, 1.82) is 10.5 Å². The molecule has 2 aromatic rings. The van der Waals surface area contributed by atoms with Gasteiger partial charge in [0.05, 0.1) is 17.4 Å². The van der Waals surface area contributed by atoms with Crippen molar-refractivity contribution in [2.45, 2.75) is 25.8 Å². The number of anilines is 1. The lowest BCUT2D eigenvalue weighted by atomic mass is 10.1. The Labute approximate surface area is 118 Å². The van der Waals surface area contributed by atoms with Crippen LogP contribution in [0.4, 0.5) is 5.69 Å². The zero-order valence-electron chi connectivity index (χ0n) is 11.3. The van der Waals surface area contributed by atoms with Crippen LogP contribution >= 0.6 is 0 Å². The van der Waals surface area contributed by atoms with Gasteiger partial charge in [-0.15, -0.1) is 0 Å². The van der Waals surface area contributed by atoms with Crippen LogP contribution in [0.1, 0.15) is 30.2 Å². The first kappa shape index (κ1) is 13.7. The largest absolute Gasteiger partial charge is 0.469 e. The molecule has 0 saturated carbocycles. The van der Waals surface area contributed by atoms with Crippen LogP contribution in [-0.4, -0.2) is 6.04 Å². The van der Waals surface area contributed by atoms with E-state index in [0.717, 1.165) is 24.3 Å². The van der Waals surface area contributed by atoms with E-state index in [4.69, 9.17) is 14.9 Å². The zero-order valence-corrected chi connectivity index (χ0v) is 11.3. The number of rotatable bonds is 5. The van der Waals surface area contributed by atoms with Crippen LogP contribution in [0.15, 0.2) is 41.0 Å². The standard InChI is InChI=1S/C16H15N3O/c1-12(4-7-16-3-2-8-20-16)19-15-6-5-13(10-17)14(9-15)11-18/h2-3,5-6,8-9,12,19H,4,7H2,1H3. The minimum Gasteiger partial charge on any atom is -0.469 e. The van der Waals surface area contributed by atoms with Crippen molar-refractivity contribution >= 4 is 5.69 Å². The SMILES string of the molecule is CC(CCc1ccco1)Nc1ccc(C#N)c(C#N)c1. The molecule has 100 valence electrons. The third-order valence-corrected chi connectivity index (χ3v) is 3.08. The van der Waals surface area contributed by atoms with Gasteiger partial charge in [0.25, 0.3) is 0 Å². The van der Waals surface area contributed by atoms with Gasteiger partial charge in [0.1, 0.15) is 17.9 Å². The van der Waals surface area contributed by atoms with Gasteiger partial charge in [-0.25, -0.2) is 0 Å². The van der Waals surface area contributed by atoms with Gasteiger partial charge in [-0.2, -0.15) is 10.5 Å². The Morgan fingerprint density at radius 1 is 1.20 bits per heavy atom. The quantitative estimate of drug-likeness (QED) is 0.898. The molecular formula is C16H15N3O. The second-order valence-corrected chi connectivity index (χ2v) is 4.65. The highest BCUT2D eigenvalue weighted by molar-refractivity contribution is 5.56. The van der Waals surface area contributed by atoms with E-state index in [1.807, 2.05) is 30.3 Å². The molecule has 0 aliphatic rings.